The van der Waals surface area contributed by atoms with Gasteiger partial charge in [-0.05, 0) is 49.1 Å². The van der Waals surface area contributed by atoms with Gasteiger partial charge in [0.2, 0.25) is 0 Å². The quantitative estimate of drug-likeness (QED) is 0.759. The van der Waals surface area contributed by atoms with Crippen LogP contribution in [0.15, 0.2) is 30.3 Å². The number of amides is 1. The molecular weight excluding hydrogens is 346 g/mol. The Hall–Kier alpha value is -1.85. The number of esters is 1. The largest absolute Gasteiger partial charge is 0.451 e. The Kier molecular flexibility index (Phi) is 6.82. The summed E-state index contributed by atoms with van der Waals surface area (Å²) in [6, 6.07) is 9.29. The van der Waals surface area contributed by atoms with Gasteiger partial charge in [-0.1, -0.05) is 30.7 Å². The lowest BCUT2D eigenvalue weighted by atomic mass is 10.1. The van der Waals surface area contributed by atoms with Crippen LogP contribution in [-0.4, -0.2) is 25.0 Å². The first-order valence-corrected chi connectivity index (χ1v) is 8.96. The number of halogens is 1. The minimum atomic E-state index is -0.451. The number of benzene rings is 1. The van der Waals surface area contributed by atoms with Crippen LogP contribution < -0.4 is 5.32 Å². The number of carbonyl (C=O) groups excluding carboxylic acids is 2. The van der Waals surface area contributed by atoms with Crippen molar-refractivity contribution in [2.24, 2.45) is 0 Å². The fourth-order valence-electron chi connectivity index (χ4n) is 2.26. The van der Waals surface area contributed by atoms with Gasteiger partial charge in [0, 0.05) is 16.4 Å². The third kappa shape index (κ3) is 5.35. The molecule has 4 nitrogen and oxygen atoms in total. The van der Waals surface area contributed by atoms with Crippen molar-refractivity contribution in [3.05, 3.63) is 56.2 Å². The van der Waals surface area contributed by atoms with E-state index < -0.39 is 5.97 Å². The Labute approximate surface area is 150 Å². The van der Waals surface area contributed by atoms with Crippen molar-refractivity contribution < 1.29 is 14.3 Å². The first kappa shape index (κ1) is 18.5. The van der Waals surface area contributed by atoms with Crippen LogP contribution in [0.25, 0.3) is 0 Å². The Bertz CT molecular complexity index is 727. The molecule has 0 atom stereocenters. The zero-order chi connectivity index (χ0) is 17.5. The second-order valence-electron chi connectivity index (χ2n) is 5.38. The molecule has 1 aromatic carbocycles. The molecule has 0 fully saturated rings. The van der Waals surface area contributed by atoms with Crippen molar-refractivity contribution in [2.45, 2.75) is 26.7 Å². The summed E-state index contributed by atoms with van der Waals surface area (Å²) in [5.41, 5.74) is 2.13. The van der Waals surface area contributed by atoms with E-state index in [-0.39, 0.29) is 12.5 Å². The molecule has 0 bridgehead atoms. The number of hydrogen-bond acceptors (Lipinski definition) is 4. The fourth-order valence-corrected chi connectivity index (χ4v) is 3.48. The first-order valence-electron chi connectivity index (χ1n) is 7.77. The van der Waals surface area contributed by atoms with Gasteiger partial charge >= 0.3 is 5.97 Å². The molecule has 0 radical (unpaired) electrons. The SMILES string of the molecule is CCc1sc(C(=O)OCC(=O)NCCc2cccc(Cl)c2)cc1C. The molecule has 1 aromatic heterocycles. The van der Waals surface area contributed by atoms with E-state index in [2.05, 4.69) is 5.32 Å². The molecule has 6 heteroatoms. The molecule has 0 aliphatic carbocycles. The average Bonchev–Trinajstić information content (AvgIpc) is 2.94. The number of thiophene rings is 1. The number of aryl methyl sites for hydroxylation is 2. The maximum Gasteiger partial charge on any atom is 0.348 e. The normalized spacial score (nSPS) is 10.5. The number of rotatable bonds is 7. The molecule has 0 aliphatic rings. The Balaban J connectivity index is 1.73. The molecule has 0 spiro atoms. The van der Waals surface area contributed by atoms with Crippen LogP contribution in [0, 0.1) is 6.92 Å². The minimum absolute atomic E-state index is 0.271. The summed E-state index contributed by atoms with van der Waals surface area (Å²) >= 11 is 7.33. The molecule has 0 aliphatic heterocycles. The van der Waals surface area contributed by atoms with E-state index >= 15 is 0 Å². The van der Waals surface area contributed by atoms with Crippen LogP contribution >= 0.6 is 22.9 Å². The summed E-state index contributed by atoms with van der Waals surface area (Å²) in [7, 11) is 0. The third-order valence-electron chi connectivity index (χ3n) is 3.50. The lowest BCUT2D eigenvalue weighted by Crippen LogP contribution is -2.30. The highest BCUT2D eigenvalue weighted by Crippen LogP contribution is 2.22. The van der Waals surface area contributed by atoms with Crippen LogP contribution in [0.1, 0.15) is 32.6 Å². The van der Waals surface area contributed by atoms with E-state index in [4.69, 9.17) is 16.3 Å². The Morgan fingerprint density at radius 3 is 2.75 bits per heavy atom. The molecule has 0 saturated carbocycles. The highest BCUT2D eigenvalue weighted by atomic mass is 35.5. The van der Waals surface area contributed by atoms with Crippen molar-refractivity contribution in [1.82, 2.24) is 5.32 Å². The molecule has 0 unspecified atom stereocenters. The van der Waals surface area contributed by atoms with Crippen LogP contribution in [0.2, 0.25) is 5.02 Å². The summed E-state index contributed by atoms with van der Waals surface area (Å²) in [5.74, 6) is -0.762. The van der Waals surface area contributed by atoms with E-state index in [1.807, 2.05) is 38.1 Å². The summed E-state index contributed by atoms with van der Waals surface area (Å²) in [6.07, 6.45) is 1.55. The van der Waals surface area contributed by atoms with E-state index in [0.29, 0.717) is 22.9 Å². The van der Waals surface area contributed by atoms with Gasteiger partial charge in [-0.25, -0.2) is 4.79 Å². The Morgan fingerprint density at radius 1 is 1.29 bits per heavy atom. The molecule has 1 N–H and O–H groups in total. The van der Waals surface area contributed by atoms with Crippen molar-refractivity contribution in [2.75, 3.05) is 13.2 Å². The maximum atomic E-state index is 12.0. The number of ether oxygens (including phenoxy) is 1. The first-order chi connectivity index (χ1) is 11.5. The van der Waals surface area contributed by atoms with Gasteiger partial charge in [0.1, 0.15) is 4.88 Å². The van der Waals surface area contributed by atoms with Gasteiger partial charge in [0.05, 0.1) is 0 Å². The summed E-state index contributed by atoms with van der Waals surface area (Å²) in [5, 5.41) is 3.40. The zero-order valence-electron chi connectivity index (χ0n) is 13.7. The fraction of sp³-hybridized carbons (Fsp3) is 0.333. The standard InChI is InChI=1S/C18H20ClNO3S/c1-3-15-12(2)9-16(24-15)18(22)23-11-17(21)20-8-7-13-5-4-6-14(19)10-13/h4-6,9-10H,3,7-8,11H2,1-2H3,(H,20,21). The maximum absolute atomic E-state index is 12.0. The van der Waals surface area contributed by atoms with Gasteiger partial charge in [-0.3, -0.25) is 4.79 Å². The smallest absolute Gasteiger partial charge is 0.348 e. The molecule has 2 aromatic rings. The van der Waals surface area contributed by atoms with Gasteiger partial charge < -0.3 is 10.1 Å². The van der Waals surface area contributed by atoms with Crippen LogP contribution in [0.4, 0.5) is 0 Å². The molecular formula is C18H20ClNO3S. The molecule has 2 rings (SSSR count). The summed E-state index contributed by atoms with van der Waals surface area (Å²) in [6.45, 7) is 4.21. The molecule has 24 heavy (non-hydrogen) atoms. The topological polar surface area (TPSA) is 55.4 Å². The van der Waals surface area contributed by atoms with E-state index in [0.717, 1.165) is 22.4 Å². The van der Waals surface area contributed by atoms with Crippen molar-refractivity contribution >= 4 is 34.8 Å². The van der Waals surface area contributed by atoms with Gasteiger partial charge in [-0.15, -0.1) is 11.3 Å². The average molecular weight is 366 g/mol. The van der Waals surface area contributed by atoms with Gasteiger partial charge in [0.15, 0.2) is 6.61 Å². The lowest BCUT2D eigenvalue weighted by molar-refractivity contribution is -0.124. The summed E-state index contributed by atoms with van der Waals surface area (Å²) < 4.78 is 5.06. The zero-order valence-corrected chi connectivity index (χ0v) is 15.3. The highest BCUT2D eigenvalue weighted by molar-refractivity contribution is 7.14. The third-order valence-corrected chi connectivity index (χ3v) is 5.10. The van der Waals surface area contributed by atoms with E-state index in [9.17, 15) is 9.59 Å². The van der Waals surface area contributed by atoms with E-state index in [1.54, 1.807) is 6.07 Å². The number of nitrogens with one attached hydrogen (secondary N) is 1. The second-order valence-corrected chi connectivity index (χ2v) is 6.95. The van der Waals surface area contributed by atoms with Gasteiger partial charge in [0.25, 0.3) is 5.91 Å². The predicted molar refractivity (Wildman–Crippen MR) is 96.9 cm³/mol. The predicted octanol–water partition coefficient (Wildman–Crippen LogP) is 3.79. The highest BCUT2D eigenvalue weighted by Gasteiger charge is 2.14. The molecule has 1 heterocycles. The molecule has 1 amide bonds. The minimum Gasteiger partial charge on any atom is -0.451 e. The number of carbonyl (C=O) groups is 2. The van der Waals surface area contributed by atoms with Crippen molar-refractivity contribution in [1.29, 1.82) is 0 Å². The van der Waals surface area contributed by atoms with Crippen LogP contribution in [0.3, 0.4) is 0 Å². The lowest BCUT2D eigenvalue weighted by Gasteiger charge is -2.06. The van der Waals surface area contributed by atoms with E-state index in [1.165, 1.54) is 11.3 Å². The van der Waals surface area contributed by atoms with Crippen molar-refractivity contribution in [3.8, 4) is 0 Å². The molecule has 128 valence electrons. The second kappa shape index (κ2) is 8.85. The summed E-state index contributed by atoms with van der Waals surface area (Å²) in [4.78, 5) is 25.4. The van der Waals surface area contributed by atoms with Crippen LogP contribution in [-0.2, 0) is 22.4 Å². The monoisotopic (exact) mass is 365 g/mol. The van der Waals surface area contributed by atoms with Crippen molar-refractivity contribution in [3.63, 3.8) is 0 Å². The Morgan fingerprint density at radius 2 is 2.08 bits per heavy atom. The van der Waals surface area contributed by atoms with Crippen LogP contribution in [0.5, 0.6) is 0 Å². The molecule has 0 saturated heterocycles. The van der Waals surface area contributed by atoms with Gasteiger partial charge in [-0.2, -0.15) is 0 Å². The number of hydrogen-bond donors (Lipinski definition) is 1.